The van der Waals surface area contributed by atoms with Gasteiger partial charge < -0.3 is 14.2 Å². The Morgan fingerprint density at radius 3 is 2.92 bits per heavy atom. The SMILES string of the molecule is COc1cc(-c2noc([C@H](CC(C)C)N3CCCCC3=O)n2)ccn1. The molecule has 25 heavy (non-hydrogen) atoms. The third kappa shape index (κ3) is 3.97. The fourth-order valence-electron chi connectivity index (χ4n) is 3.11. The molecule has 7 nitrogen and oxygen atoms in total. The number of aromatic nitrogens is 3. The predicted octanol–water partition coefficient (Wildman–Crippen LogP) is 3.24. The number of carbonyl (C=O) groups is 1. The van der Waals surface area contributed by atoms with Gasteiger partial charge >= 0.3 is 0 Å². The molecule has 3 heterocycles. The maximum atomic E-state index is 12.4. The second-order valence-corrected chi connectivity index (χ2v) is 6.73. The fourth-order valence-corrected chi connectivity index (χ4v) is 3.11. The Bertz CT molecular complexity index is 729. The molecule has 2 aromatic rings. The largest absolute Gasteiger partial charge is 0.481 e. The number of nitrogens with zero attached hydrogens (tertiary/aromatic N) is 4. The van der Waals surface area contributed by atoms with Gasteiger partial charge in [0.25, 0.3) is 0 Å². The van der Waals surface area contributed by atoms with Crippen LogP contribution in [0.4, 0.5) is 0 Å². The number of likely N-dealkylation sites (tertiary alicyclic amines) is 1. The molecule has 0 spiro atoms. The first-order valence-electron chi connectivity index (χ1n) is 8.72. The van der Waals surface area contributed by atoms with E-state index in [-0.39, 0.29) is 11.9 Å². The van der Waals surface area contributed by atoms with Crippen LogP contribution in [0.2, 0.25) is 0 Å². The standard InChI is InChI=1S/C18H24N4O3/c1-12(2)10-14(22-9-5-4-6-16(22)23)18-20-17(21-25-18)13-7-8-19-15(11-13)24-3/h7-8,11-12,14H,4-6,9-10H2,1-3H3/t14-/m0/s1. The van der Waals surface area contributed by atoms with E-state index in [9.17, 15) is 4.79 Å². The van der Waals surface area contributed by atoms with Crippen LogP contribution in [0.5, 0.6) is 5.88 Å². The Hall–Kier alpha value is -2.44. The molecule has 0 aromatic carbocycles. The number of hydrogen-bond acceptors (Lipinski definition) is 6. The van der Waals surface area contributed by atoms with Crippen LogP contribution in [0.3, 0.4) is 0 Å². The van der Waals surface area contributed by atoms with Crippen LogP contribution >= 0.6 is 0 Å². The topological polar surface area (TPSA) is 81.4 Å². The molecule has 1 aliphatic heterocycles. The maximum absolute atomic E-state index is 12.4. The second kappa shape index (κ2) is 7.63. The average molecular weight is 344 g/mol. The molecule has 1 aliphatic rings. The highest BCUT2D eigenvalue weighted by atomic mass is 16.5. The summed E-state index contributed by atoms with van der Waals surface area (Å²) in [4.78, 5) is 22.9. The van der Waals surface area contributed by atoms with Gasteiger partial charge in [-0.2, -0.15) is 4.98 Å². The highest BCUT2D eigenvalue weighted by Crippen LogP contribution is 2.31. The molecule has 7 heteroatoms. The summed E-state index contributed by atoms with van der Waals surface area (Å²) in [6.07, 6.45) is 5.01. The molecule has 0 aliphatic carbocycles. The van der Waals surface area contributed by atoms with Gasteiger partial charge in [-0.25, -0.2) is 4.98 Å². The van der Waals surface area contributed by atoms with E-state index in [4.69, 9.17) is 9.26 Å². The monoisotopic (exact) mass is 344 g/mol. The lowest BCUT2D eigenvalue weighted by atomic mass is 9.99. The van der Waals surface area contributed by atoms with E-state index in [1.807, 2.05) is 4.90 Å². The first kappa shape index (κ1) is 17.4. The van der Waals surface area contributed by atoms with E-state index in [0.29, 0.717) is 29.9 Å². The van der Waals surface area contributed by atoms with Gasteiger partial charge in [0.15, 0.2) is 0 Å². The number of methoxy groups -OCH3 is 1. The molecular formula is C18H24N4O3. The van der Waals surface area contributed by atoms with Gasteiger partial charge in [0.2, 0.25) is 23.5 Å². The number of carbonyl (C=O) groups excluding carboxylic acids is 1. The molecule has 3 rings (SSSR count). The number of hydrogen-bond donors (Lipinski definition) is 0. The first-order valence-corrected chi connectivity index (χ1v) is 8.72. The van der Waals surface area contributed by atoms with Gasteiger partial charge in [-0.3, -0.25) is 4.79 Å². The zero-order valence-corrected chi connectivity index (χ0v) is 14.9. The van der Waals surface area contributed by atoms with Crippen LogP contribution in [0.25, 0.3) is 11.4 Å². The van der Waals surface area contributed by atoms with Crippen LogP contribution in [-0.4, -0.2) is 39.6 Å². The van der Waals surface area contributed by atoms with E-state index >= 15 is 0 Å². The zero-order valence-electron chi connectivity index (χ0n) is 14.9. The predicted molar refractivity (Wildman–Crippen MR) is 91.8 cm³/mol. The molecule has 1 atom stereocenters. The van der Waals surface area contributed by atoms with E-state index in [1.54, 1.807) is 25.4 Å². The molecule has 1 amide bonds. The summed E-state index contributed by atoms with van der Waals surface area (Å²) < 4.78 is 10.7. The summed E-state index contributed by atoms with van der Waals surface area (Å²) in [5, 5.41) is 4.10. The summed E-state index contributed by atoms with van der Waals surface area (Å²) in [5.41, 5.74) is 0.773. The van der Waals surface area contributed by atoms with Crippen molar-refractivity contribution in [3.05, 3.63) is 24.2 Å². The second-order valence-electron chi connectivity index (χ2n) is 6.73. The minimum Gasteiger partial charge on any atom is -0.481 e. The Kier molecular flexibility index (Phi) is 5.31. The van der Waals surface area contributed by atoms with Crippen molar-refractivity contribution in [2.75, 3.05) is 13.7 Å². The minimum atomic E-state index is -0.169. The Morgan fingerprint density at radius 1 is 1.36 bits per heavy atom. The summed E-state index contributed by atoms with van der Waals surface area (Å²) in [5.74, 6) is 2.05. The molecule has 134 valence electrons. The zero-order chi connectivity index (χ0) is 17.8. The van der Waals surface area contributed by atoms with E-state index < -0.39 is 0 Å². The van der Waals surface area contributed by atoms with Crippen molar-refractivity contribution >= 4 is 5.91 Å². The van der Waals surface area contributed by atoms with Gasteiger partial charge in [-0.1, -0.05) is 19.0 Å². The maximum Gasteiger partial charge on any atom is 0.249 e. The molecule has 0 bridgehead atoms. The highest BCUT2D eigenvalue weighted by Gasteiger charge is 2.32. The quantitative estimate of drug-likeness (QED) is 0.800. The van der Waals surface area contributed by atoms with Crippen LogP contribution in [-0.2, 0) is 4.79 Å². The lowest BCUT2D eigenvalue weighted by Gasteiger charge is -2.33. The number of pyridine rings is 1. The Labute approximate surface area is 147 Å². The number of amides is 1. The van der Waals surface area contributed by atoms with Crippen LogP contribution in [0.15, 0.2) is 22.9 Å². The molecular weight excluding hydrogens is 320 g/mol. The van der Waals surface area contributed by atoms with Gasteiger partial charge in [0.05, 0.1) is 7.11 Å². The van der Waals surface area contributed by atoms with Crippen LogP contribution in [0.1, 0.15) is 51.5 Å². The lowest BCUT2D eigenvalue weighted by molar-refractivity contribution is -0.137. The molecule has 0 unspecified atom stereocenters. The van der Waals surface area contributed by atoms with Gasteiger partial charge in [0.1, 0.15) is 6.04 Å². The third-order valence-corrected chi connectivity index (χ3v) is 4.36. The van der Waals surface area contributed by atoms with Crippen LogP contribution in [0, 0.1) is 5.92 Å². The molecule has 0 N–H and O–H groups in total. The van der Waals surface area contributed by atoms with Crippen molar-refractivity contribution in [2.45, 2.75) is 45.6 Å². The van der Waals surface area contributed by atoms with E-state index in [0.717, 1.165) is 31.4 Å². The van der Waals surface area contributed by atoms with Crippen molar-refractivity contribution in [2.24, 2.45) is 5.92 Å². The number of piperidine rings is 1. The van der Waals surface area contributed by atoms with E-state index in [2.05, 4.69) is 29.0 Å². The van der Waals surface area contributed by atoms with Crippen molar-refractivity contribution in [1.29, 1.82) is 0 Å². The molecule has 1 saturated heterocycles. The smallest absolute Gasteiger partial charge is 0.249 e. The van der Waals surface area contributed by atoms with Gasteiger partial charge in [-0.15, -0.1) is 0 Å². The summed E-state index contributed by atoms with van der Waals surface area (Å²) in [7, 11) is 1.56. The normalized spacial score (nSPS) is 16.3. The van der Waals surface area contributed by atoms with Crippen molar-refractivity contribution in [3.63, 3.8) is 0 Å². The molecule has 2 aromatic heterocycles. The number of ether oxygens (including phenoxy) is 1. The van der Waals surface area contributed by atoms with Crippen molar-refractivity contribution in [1.82, 2.24) is 20.0 Å². The Balaban J connectivity index is 1.89. The molecule has 1 fully saturated rings. The van der Waals surface area contributed by atoms with E-state index in [1.165, 1.54) is 0 Å². The summed E-state index contributed by atoms with van der Waals surface area (Å²) in [6, 6.07) is 3.40. The molecule has 0 saturated carbocycles. The van der Waals surface area contributed by atoms with Crippen molar-refractivity contribution in [3.8, 4) is 17.3 Å². The third-order valence-electron chi connectivity index (χ3n) is 4.36. The van der Waals surface area contributed by atoms with Crippen molar-refractivity contribution < 1.29 is 14.1 Å². The lowest BCUT2D eigenvalue weighted by Crippen LogP contribution is -2.39. The van der Waals surface area contributed by atoms with Gasteiger partial charge in [-0.05, 0) is 31.2 Å². The first-order chi connectivity index (χ1) is 12.1. The van der Waals surface area contributed by atoms with Crippen LogP contribution < -0.4 is 4.74 Å². The summed E-state index contributed by atoms with van der Waals surface area (Å²) in [6.45, 7) is 5.01. The highest BCUT2D eigenvalue weighted by molar-refractivity contribution is 5.77. The number of rotatable bonds is 6. The average Bonchev–Trinajstić information content (AvgIpc) is 3.10. The molecule has 0 radical (unpaired) electrons. The fraction of sp³-hybridized carbons (Fsp3) is 0.556. The summed E-state index contributed by atoms with van der Waals surface area (Å²) >= 11 is 0. The minimum absolute atomic E-state index is 0.169. The Morgan fingerprint density at radius 2 is 2.20 bits per heavy atom. The van der Waals surface area contributed by atoms with Gasteiger partial charge in [0, 0.05) is 30.8 Å².